The van der Waals surface area contributed by atoms with Gasteiger partial charge in [0.2, 0.25) is 5.91 Å². The van der Waals surface area contributed by atoms with E-state index in [1.807, 2.05) is 47.8 Å². The lowest BCUT2D eigenvalue weighted by molar-refractivity contribution is -0.118. The Morgan fingerprint density at radius 1 is 1.14 bits per heavy atom. The summed E-state index contributed by atoms with van der Waals surface area (Å²) >= 11 is 4.85. The Hall–Kier alpha value is -2.77. The number of para-hydroxylation sites is 1. The third-order valence-electron chi connectivity index (χ3n) is 4.51. The van der Waals surface area contributed by atoms with Gasteiger partial charge in [-0.3, -0.25) is 14.2 Å². The van der Waals surface area contributed by atoms with Crippen LogP contribution < -0.4 is 10.9 Å². The number of anilines is 1. The van der Waals surface area contributed by atoms with E-state index in [4.69, 9.17) is 0 Å². The van der Waals surface area contributed by atoms with Crippen molar-refractivity contribution in [3.05, 3.63) is 81.1 Å². The number of aromatic nitrogens is 2. The van der Waals surface area contributed by atoms with E-state index in [1.165, 1.54) is 22.2 Å². The highest BCUT2D eigenvalue weighted by molar-refractivity contribution is 9.10. The molecule has 0 radical (unpaired) electrons. The lowest BCUT2D eigenvalue weighted by atomic mass is 10.1. The third kappa shape index (κ3) is 3.50. The molecule has 0 aliphatic heterocycles. The van der Waals surface area contributed by atoms with E-state index < -0.39 is 6.04 Å². The van der Waals surface area contributed by atoms with Crippen LogP contribution in [0, 0.1) is 0 Å². The Morgan fingerprint density at radius 3 is 2.57 bits per heavy atom. The predicted molar refractivity (Wildman–Crippen MR) is 117 cm³/mol. The van der Waals surface area contributed by atoms with Gasteiger partial charge in [0.15, 0.2) is 0 Å². The number of nitrogens with one attached hydrogen (secondary N) is 1. The van der Waals surface area contributed by atoms with Gasteiger partial charge in [0.25, 0.3) is 5.56 Å². The fraction of sp³-hybridized carbons (Fsp3) is 0.0952. The lowest BCUT2D eigenvalue weighted by Gasteiger charge is -2.15. The fourth-order valence-electron chi connectivity index (χ4n) is 2.96. The van der Waals surface area contributed by atoms with Gasteiger partial charge in [0.1, 0.15) is 10.9 Å². The first-order valence-corrected chi connectivity index (χ1v) is 10.3. The molecular formula is C21H16BrN3O2S. The second kappa shape index (κ2) is 7.69. The van der Waals surface area contributed by atoms with E-state index in [0.29, 0.717) is 15.9 Å². The number of amides is 1. The van der Waals surface area contributed by atoms with Crippen LogP contribution in [0.5, 0.6) is 0 Å². The van der Waals surface area contributed by atoms with E-state index in [9.17, 15) is 9.59 Å². The van der Waals surface area contributed by atoms with E-state index in [1.54, 1.807) is 19.1 Å². The molecule has 2 aromatic heterocycles. The molecule has 1 atom stereocenters. The maximum Gasteiger partial charge on any atom is 0.263 e. The molecule has 0 bridgehead atoms. The molecule has 1 amide bonds. The first-order valence-electron chi connectivity index (χ1n) is 8.65. The molecule has 0 aliphatic carbocycles. The molecule has 140 valence electrons. The van der Waals surface area contributed by atoms with Gasteiger partial charge in [-0.25, -0.2) is 4.98 Å². The summed E-state index contributed by atoms with van der Waals surface area (Å²) in [4.78, 5) is 30.9. The molecule has 2 aromatic carbocycles. The molecule has 4 rings (SSSR count). The minimum atomic E-state index is -0.692. The maximum atomic E-state index is 13.2. The minimum absolute atomic E-state index is 0.222. The van der Waals surface area contributed by atoms with Crippen molar-refractivity contribution in [2.75, 3.05) is 5.32 Å². The number of hydrogen-bond acceptors (Lipinski definition) is 4. The van der Waals surface area contributed by atoms with E-state index in [-0.39, 0.29) is 11.5 Å². The van der Waals surface area contributed by atoms with Gasteiger partial charge in [-0.2, -0.15) is 0 Å². The highest BCUT2D eigenvalue weighted by atomic mass is 79.9. The molecule has 0 unspecified atom stereocenters. The molecule has 0 saturated carbocycles. The third-order valence-corrected chi connectivity index (χ3v) is 5.93. The standard InChI is InChI=1S/C21H16BrN3O2S/c1-13(19(26)24-16-5-3-2-4-6-16)25-12-23-20-18(21(25)27)17(11-28-20)14-7-9-15(22)10-8-14/h2-13H,1H3,(H,24,26)/t13-/m1/s1. The highest BCUT2D eigenvalue weighted by Crippen LogP contribution is 2.31. The van der Waals surface area contributed by atoms with Crippen LogP contribution in [0.15, 0.2) is 75.6 Å². The number of carbonyl (C=O) groups excluding carboxylic acids is 1. The lowest BCUT2D eigenvalue weighted by Crippen LogP contribution is -2.31. The van der Waals surface area contributed by atoms with Crippen LogP contribution in [0.3, 0.4) is 0 Å². The molecule has 1 N–H and O–H groups in total. The van der Waals surface area contributed by atoms with Crippen molar-refractivity contribution in [3.8, 4) is 11.1 Å². The summed E-state index contributed by atoms with van der Waals surface area (Å²) in [6.45, 7) is 1.69. The summed E-state index contributed by atoms with van der Waals surface area (Å²) in [5, 5.41) is 5.30. The van der Waals surface area contributed by atoms with Crippen LogP contribution in [0.1, 0.15) is 13.0 Å². The highest BCUT2D eigenvalue weighted by Gasteiger charge is 2.20. The van der Waals surface area contributed by atoms with Gasteiger partial charge in [-0.1, -0.05) is 46.3 Å². The van der Waals surface area contributed by atoms with Crippen molar-refractivity contribution >= 4 is 49.1 Å². The fourth-order valence-corrected chi connectivity index (χ4v) is 4.13. The number of rotatable bonds is 4. The molecule has 5 nitrogen and oxygen atoms in total. The van der Waals surface area contributed by atoms with E-state index >= 15 is 0 Å². The SMILES string of the molecule is C[C@H](C(=O)Nc1ccccc1)n1cnc2scc(-c3ccc(Br)cc3)c2c1=O. The van der Waals surface area contributed by atoms with Crippen molar-refractivity contribution in [1.29, 1.82) is 0 Å². The van der Waals surface area contributed by atoms with Gasteiger partial charge in [-0.15, -0.1) is 11.3 Å². The summed E-state index contributed by atoms with van der Waals surface area (Å²) in [5.74, 6) is -0.269. The number of carbonyl (C=O) groups is 1. The zero-order valence-electron chi connectivity index (χ0n) is 14.9. The van der Waals surface area contributed by atoms with Gasteiger partial charge >= 0.3 is 0 Å². The van der Waals surface area contributed by atoms with Crippen molar-refractivity contribution in [1.82, 2.24) is 9.55 Å². The molecule has 0 aliphatic rings. The van der Waals surface area contributed by atoms with E-state index in [0.717, 1.165) is 15.6 Å². The van der Waals surface area contributed by atoms with Crippen LogP contribution >= 0.6 is 27.3 Å². The number of fused-ring (bicyclic) bond motifs is 1. The number of thiophene rings is 1. The van der Waals surface area contributed by atoms with Crippen molar-refractivity contribution in [2.45, 2.75) is 13.0 Å². The van der Waals surface area contributed by atoms with Gasteiger partial charge < -0.3 is 5.32 Å². The Kier molecular flexibility index (Phi) is 5.11. The van der Waals surface area contributed by atoms with Gasteiger partial charge in [0, 0.05) is 21.1 Å². The normalized spacial score (nSPS) is 12.1. The second-order valence-corrected chi connectivity index (χ2v) is 8.10. The zero-order chi connectivity index (χ0) is 19.7. The van der Waals surface area contributed by atoms with Gasteiger partial charge in [-0.05, 0) is 36.8 Å². The topological polar surface area (TPSA) is 64.0 Å². The predicted octanol–water partition coefficient (Wildman–Crippen LogP) is 5.09. The quantitative estimate of drug-likeness (QED) is 0.468. The molecule has 7 heteroatoms. The van der Waals surface area contributed by atoms with Crippen LogP contribution in [-0.2, 0) is 4.79 Å². The average Bonchev–Trinajstić information content (AvgIpc) is 3.14. The summed E-state index contributed by atoms with van der Waals surface area (Å²) in [6, 6.07) is 16.3. The van der Waals surface area contributed by atoms with E-state index in [2.05, 4.69) is 26.2 Å². The Labute approximate surface area is 173 Å². The number of hydrogen-bond donors (Lipinski definition) is 1. The van der Waals surface area contributed by atoms with Gasteiger partial charge in [0.05, 0.1) is 11.7 Å². The molecule has 4 aromatic rings. The summed E-state index contributed by atoms with van der Waals surface area (Å²) < 4.78 is 2.35. The molecule has 0 spiro atoms. The van der Waals surface area contributed by atoms with Crippen molar-refractivity contribution < 1.29 is 4.79 Å². The Morgan fingerprint density at radius 2 is 1.86 bits per heavy atom. The monoisotopic (exact) mass is 453 g/mol. The second-order valence-electron chi connectivity index (χ2n) is 6.32. The number of nitrogens with zero attached hydrogens (tertiary/aromatic N) is 2. The van der Waals surface area contributed by atoms with Crippen molar-refractivity contribution in [3.63, 3.8) is 0 Å². The Balaban J connectivity index is 1.73. The van der Waals surface area contributed by atoms with Crippen LogP contribution in [0.4, 0.5) is 5.69 Å². The summed E-state index contributed by atoms with van der Waals surface area (Å²) in [5.41, 5.74) is 2.23. The van der Waals surface area contributed by atoms with Crippen LogP contribution in [0.25, 0.3) is 21.3 Å². The first kappa shape index (κ1) is 18.6. The van der Waals surface area contributed by atoms with Crippen LogP contribution in [-0.4, -0.2) is 15.5 Å². The molecule has 0 saturated heterocycles. The largest absolute Gasteiger partial charge is 0.324 e. The first-order chi connectivity index (χ1) is 13.5. The Bertz CT molecular complexity index is 1200. The zero-order valence-corrected chi connectivity index (χ0v) is 17.3. The molecular weight excluding hydrogens is 438 g/mol. The smallest absolute Gasteiger partial charge is 0.263 e. The summed E-state index contributed by atoms with van der Waals surface area (Å²) in [7, 11) is 0. The minimum Gasteiger partial charge on any atom is -0.324 e. The molecule has 2 heterocycles. The number of halogens is 1. The average molecular weight is 454 g/mol. The van der Waals surface area contributed by atoms with Crippen LogP contribution in [0.2, 0.25) is 0 Å². The molecule has 0 fully saturated rings. The molecule has 28 heavy (non-hydrogen) atoms. The summed E-state index contributed by atoms with van der Waals surface area (Å²) in [6.07, 6.45) is 1.45. The maximum absolute atomic E-state index is 13.2. The number of benzene rings is 2. The van der Waals surface area contributed by atoms with Crippen molar-refractivity contribution in [2.24, 2.45) is 0 Å².